The Morgan fingerprint density at radius 2 is 1.81 bits per heavy atom. The van der Waals surface area contributed by atoms with Crippen molar-refractivity contribution in [2.75, 3.05) is 7.11 Å². The quantitative estimate of drug-likeness (QED) is 0.839. The van der Waals surface area contributed by atoms with Crippen molar-refractivity contribution < 1.29 is 4.74 Å². The van der Waals surface area contributed by atoms with Crippen molar-refractivity contribution in [1.29, 1.82) is 0 Å². The Hall–Kier alpha value is -1.02. The van der Waals surface area contributed by atoms with Crippen LogP contribution < -0.4 is 10.1 Å². The highest BCUT2D eigenvalue weighted by Crippen LogP contribution is 2.23. The fraction of sp³-hybridized carbons (Fsp3) is 0.571. The number of ether oxygens (including phenoxy) is 1. The van der Waals surface area contributed by atoms with E-state index in [2.05, 4.69) is 24.4 Å². The largest absolute Gasteiger partial charge is 0.497 e. The Labute approximate surface area is 98.0 Å². The van der Waals surface area contributed by atoms with Gasteiger partial charge in [0.25, 0.3) is 0 Å². The summed E-state index contributed by atoms with van der Waals surface area (Å²) < 4.78 is 5.16. The second kappa shape index (κ2) is 5.35. The summed E-state index contributed by atoms with van der Waals surface area (Å²) in [7, 11) is 1.70. The first kappa shape index (κ1) is 11.5. The van der Waals surface area contributed by atoms with Crippen molar-refractivity contribution in [3.8, 4) is 5.75 Å². The summed E-state index contributed by atoms with van der Waals surface area (Å²) >= 11 is 0. The van der Waals surface area contributed by atoms with Crippen LogP contribution in [0.4, 0.5) is 0 Å². The summed E-state index contributed by atoms with van der Waals surface area (Å²) in [4.78, 5) is 0. The fourth-order valence-corrected chi connectivity index (χ4v) is 2.43. The van der Waals surface area contributed by atoms with E-state index >= 15 is 0 Å². The maximum atomic E-state index is 5.16. The summed E-state index contributed by atoms with van der Waals surface area (Å²) in [6.45, 7) is 2.24. The third kappa shape index (κ3) is 2.76. The molecule has 1 saturated carbocycles. The molecule has 0 saturated heterocycles. The van der Waals surface area contributed by atoms with Gasteiger partial charge in [-0.1, -0.05) is 25.0 Å². The van der Waals surface area contributed by atoms with E-state index in [1.54, 1.807) is 7.11 Å². The molecule has 0 aromatic heterocycles. The molecule has 1 aromatic carbocycles. The van der Waals surface area contributed by atoms with Gasteiger partial charge in [-0.3, -0.25) is 0 Å². The predicted octanol–water partition coefficient (Wildman–Crippen LogP) is 3.29. The first-order chi connectivity index (χ1) is 7.79. The molecule has 0 spiro atoms. The molecular weight excluding hydrogens is 198 g/mol. The maximum Gasteiger partial charge on any atom is 0.118 e. The molecule has 0 amide bonds. The van der Waals surface area contributed by atoms with Gasteiger partial charge in [-0.2, -0.15) is 0 Å². The number of hydrogen-bond donors (Lipinski definition) is 1. The van der Waals surface area contributed by atoms with Crippen LogP contribution in [0.5, 0.6) is 5.75 Å². The number of methoxy groups -OCH3 is 1. The molecule has 0 bridgehead atoms. The molecule has 2 heteroatoms. The van der Waals surface area contributed by atoms with Crippen molar-refractivity contribution in [2.24, 2.45) is 0 Å². The highest BCUT2D eigenvalue weighted by atomic mass is 16.5. The molecule has 1 aliphatic rings. The van der Waals surface area contributed by atoms with E-state index in [1.165, 1.54) is 31.2 Å². The predicted molar refractivity (Wildman–Crippen MR) is 66.8 cm³/mol. The zero-order valence-electron chi connectivity index (χ0n) is 10.2. The third-order valence-corrected chi connectivity index (χ3v) is 3.46. The van der Waals surface area contributed by atoms with Crippen LogP contribution in [0, 0.1) is 0 Å². The summed E-state index contributed by atoms with van der Waals surface area (Å²) in [5.41, 5.74) is 1.34. The lowest BCUT2D eigenvalue weighted by atomic mass is 10.1. The van der Waals surface area contributed by atoms with Crippen LogP contribution in [-0.2, 0) is 0 Å². The van der Waals surface area contributed by atoms with Gasteiger partial charge in [0.05, 0.1) is 7.11 Å². The van der Waals surface area contributed by atoms with E-state index in [0.717, 1.165) is 11.8 Å². The highest BCUT2D eigenvalue weighted by molar-refractivity contribution is 5.28. The van der Waals surface area contributed by atoms with E-state index < -0.39 is 0 Å². The molecule has 0 unspecified atom stereocenters. The zero-order valence-corrected chi connectivity index (χ0v) is 10.2. The lowest BCUT2D eigenvalue weighted by molar-refractivity contribution is 0.414. The van der Waals surface area contributed by atoms with Gasteiger partial charge < -0.3 is 10.1 Å². The van der Waals surface area contributed by atoms with Crippen LogP contribution in [-0.4, -0.2) is 13.2 Å². The molecule has 1 aromatic rings. The standard InChI is InChI=1S/C14H21NO/c1-11(15-13-5-3-4-6-13)12-7-9-14(16-2)10-8-12/h7-11,13,15H,3-6H2,1-2H3/t11-/m1/s1. The molecule has 0 aliphatic heterocycles. The summed E-state index contributed by atoms with van der Waals surface area (Å²) in [6.07, 6.45) is 5.43. The first-order valence-electron chi connectivity index (χ1n) is 6.19. The number of nitrogens with one attached hydrogen (secondary N) is 1. The minimum absolute atomic E-state index is 0.439. The van der Waals surface area contributed by atoms with E-state index in [1.807, 2.05) is 12.1 Å². The summed E-state index contributed by atoms with van der Waals surface area (Å²) in [5, 5.41) is 3.69. The van der Waals surface area contributed by atoms with Crippen molar-refractivity contribution in [1.82, 2.24) is 5.32 Å². The van der Waals surface area contributed by atoms with Gasteiger partial charge in [0.15, 0.2) is 0 Å². The normalized spacial score (nSPS) is 18.6. The Balaban J connectivity index is 1.94. The second-order valence-corrected chi connectivity index (χ2v) is 4.64. The van der Waals surface area contributed by atoms with E-state index in [9.17, 15) is 0 Å². The van der Waals surface area contributed by atoms with Crippen LogP contribution in [0.3, 0.4) is 0 Å². The molecule has 16 heavy (non-hydrogen) atoms. The molecule has 0 heterocycles. The van der Waals surface area contributed by atoms with Crippen LogP contribution in [0.2, 0.25) is 0 Å². The molecule has 1 fully saturated rings. The Bertz CT molecular complexity index is 314. The van der Waals surface area contributed by atoms with Crippen molar-refractivity contribution >= 4 is 0 Å². The SMILES string of the molecule is COc1ccc([C@@H](C)NC2CCCC2)cc1. The lowest BCUT2D eigenvalue weighted by Crippen LogP contribution is -2.28. The van der Waals surface area contributed by atoms with Gasteiger partial charge in [0.2, 0.25) is 0 Å². The topological polar surface area (TPSA) is 21.3 Å². The summed E-state index contributed by atoms with van der Waals surface area (Å²) in [6, 6.07) is 9.51. The van der Waals surface area contributed by atoms with Gasteiger partial charge in [-0.25, -0.2) is 0 Å². The molecule has 1 aliphatic carbocycles. The molecule has 2 rings (SSSR count). The van der Waals surface area contributed by atoms with Gasteiger partial charge in [0, 0.05) is 12.1 Å². The number of hydrogen-bond acceptors (Lipinski definition) is 2. The second-order valence-electron chi connectivity index (χ2n) is 4.64. The van der Waals surface area contributed by atoms with Crippen molar-refractivity contribution in [3.63, 3.8) is 0 Å². The Kier molecular flexibility index (Phi) is 3.83. The molecular formula is C14H21NO. The van der Waals surface area contributed by atoms with Gasteiger partial charge in [-0.05, 0) is 37.5 Å². The lowest BCUT2D eigenvalue weighted by Gasteiger charge is -2.19. The average Bonchev–Trinajstić information content (AvgIpc) is 2.82. The summed E-state index contributed by atoms with van der Waals surface area (Å²) in [5.74, 6) is 0.928. The fourth-order valence-electron chi connectivity index (χ4n) is 2.43. The van der Waals surface area contributed by atoms with Crippen LogP contribution in [0.25, 0.3) is 0 Å². The van der Waals surface area contributed by atoms with Gasteiger partial charge in [0.1, 0.15) is 5.75 Å². The van der Waals surface area contributed by atoms with Crippen LogP contribution in [0.1, 0.15) is 44.2 Å². The first-order valence-corrected chi connectivity index (χ1v) is 6.19. The maximum absolute atomic E-state index is 5.16. The van der Waals surface area contributed by atoms with E-state index in [-0.39, 0.29) is 0 Å². The van der Waals surface area contributed by atoms with Crippen molar-refractivity contribution in [3.05, 3.63) is 29.8 Å². The van der Waals surface area contributed by atoms with Gasteiger partial charge >= 0.3 is 0 Å². The molecule has 1 atom stereocenters. The number of benzene rings is 1. The average molecular weight is 219 g/mol. The minimum atomic E-state index is 0.439. The Morgan fingerprint density at radius 1 is 1.19 bits per heavy atom. The molecule has 0 radical (unpaired) electrons. The monoisotopic (exact) mass is 219 g/mol. The highest BCUT2D eigenvalue weighted by Gasteiger charge is 2.17. The molecule has 1 N–H and O–H groups in total. The molecule has 2 nitrogen and oxygen atoms in total. The molecule has 88 valence electrons. The smallest absolute Gasteiger partial charge is 0.118 e. The van der Waals surface area contributed by atoms with Crippen molar-refractivity contribution in [2.45, 2.75) is 44.7 Å². The van der Waals surface area contributed by atoms with Crippen LogP contribution >= 0.6 is 0 Å². The van der Waals surface area contributed by atoms with Crippen LogP contribution in [0.15, 0.2) is 24.3 Å². The number of rotatable bonds is 4. The van der Waals surface area contributed by atoms with Gasteiger partial charge in [-0.15, -0.1) is 0 Å². The minimum Gasteiger partial charge on any atom is -0.497 e. The third-order valence-electron chi connectivity index (χ3n) is 3.46. The Morgan fingerprint density at radius 3 is 2.38 bits per heavy atom. The zero-order chi connectivity index (χ0) is 11.4. The van der Waals surface area contributed by atoms with E-state index in [0.29, 0.717) is 6.04 Å². The van der Waals surface area contributed by atoms with E-state index in [4.69, 9.17) is 4.74 Å².